The molecule has 1 heterocycles. The third-order valence-electron chi connectivity index (χ3n) is 9.95. The summed E-state index contributed by atoms with van der Waals surface area (Å²) in [7, 11) is 0. The highest BCUT2D eigenvalue weighted by atomic mass is 19.2. The Labute approximate surface area is 315 Å². The number of fused-ring (bicyclic) bond motifs is 6. The first kappa shape index (κ1) is 36.2. The van der Waals surface area contributed by atoms with Crippen molar-refractivity contribution in [3.8, 4) is 28.0 Å². The molecule has 1 atom stereocenters. The zero-order chi connectivity index (χ0) is 39.1. The van der Waals surface area contributed by atoms with Crippen molar-refractivity contribution in [2.75, 3.05) is 13.2 Å². The zero-order valence-electron chi connectivity index (χ0n) is 29.0. The second kappa shape index (κ2) is 14.8. The molecule has 2 aliphatic carbocycles. The van der Waals surface area contributed by atoms with Gasteiger partial charge in [-0.1, -0.05) is 97.1 Å². The van der Waals surface area contributed by atoms with Gasteiger partial charge in [0.05, 0.1) is 5.69 Å². The first-order valence-corrected chi connectivity index (χ1v) is 17.3. The summed E-state index contributed by atoms with van der Waals surface area (Å²) in [5.41, 5.74) is 7.54. The molecule has 0 saturated heterocycles. The van der Waals surface area contributed by atoms with Crippen LogP contribution in [-0.2, 0) is 20.7 Å². The smallest absolute Gasteiger partial charge is 0.419 e. The number of esters is 1. The summed E-state index contributed by atoms with van der Waals surface area (Å²) in [6, 6.07) is 28.5. The van der Waals surface area contributed by atoms with Gasteiger partial charge in [0.15, 0.2) is 0 Å². The summed E-state index contributed by atoms with van der Waals surface area (Å²) in [5, 5.41) is 2.26. The van der Waals surface area contributed by atoms with Crippen LogP contribution in [0.4, 0.5) is 31.5 Å². The topological polar surface area (TPSA) is 109 Å². The van der Waals surface area contributed by atoms with Gasteiger partial charge in [-0.05, 0) is 44.5 Å². The standard InChI is InChI=1S/C42H28F5N3O6/c43-34-35(44)37(46)39(38(47)36(34)45)56-40(51)33(49-41(52)54-19-31-27-13-5-1-9-23(27)24-10-2-6-14-28(24)31)17-22-18-48-21-50(22)42(53)55-20-32-29-15-7-3-11-25(29)26-12-4-8-16-30(26)32/h1-16,18,21,31-33H,17,19-20H2,(H,49,52)/t33-/m0/s1. The number of amides is 1. The fourth-order valence-corrected chi connectivity index (χ4v) is 7.33. The van der Waals surface area contributed by atoms with E-state index in [1.165, 1.54) is 6.20 Å². The first-order valence-electron chi connectivity index (χ1n) is 17.3. The third-order valence-corrected chi connectivity index (χ3v) is 9.95. The van der Waals surface area contributed by atoms with Gasteiger partial charge in [0.1, 0.15) is 25.6 Å². The van der Waals surface area contributed by atoms with E-state index in [-0.39, 0.29) is 30.7 Å². The molecule has 0 aliphatic heterocycles. The van der Waals surface area contributed by atoms with Gasteiger partial charge in [0.2, 0.25) is 34.8 Å². The fourth-order valence-electron chi connectivity index (χ4n) is 7.33. The van der Waals surface area contributed by atoms with E-state index in [2.05, 4.69) is 10.3 Å². The molecule has 282 valence electrons. The van der Waals surface area contributed by atoms with Gasteiger partial charge in [-0.3, -0.25) is 0 Å². The monoisotopic (exact) mass is 765 g/mol. The quantitative estimate of drug-likeness (QED) is 0.0518. The lowest BCUT2D eigenvalue weighted by Crippen LogP contribution is -2.45. The number of rotatable bonds is 9. The van der Waals surface area contributed by atoms with E-state index < -0.39 is 65.5 Å². The minimum absolute atomic E-state index is 0.0412. The normalized spacial score (nSPS) is 13.3. The number of aromatic nitrogens is 2. The van der Waals surface area contributed by atoms with Gasteiger partial charge >= 0.3 is 18.2 Å². The lowest BCUT2D eigenvalue weighted by atomic mass is 9.98. The lowest BCUT2D eigenvalue weighted by Gasteiger charge is -2.20. The molecule has 1 amide bonds. The van der Waals surface area contributed by atoms with Crippen LogP contribution < -0.4 is 10.1 Å². The molecule has 56 heavy (non-hydrogen) atoms. The predicted molar refractivity (Wildman–Crippen MR) is 190 cm³/mol. The summed E-state index contributed by atoms with van der Waals surface area (Å²) in [5.74, 6) is -16.2. The molecule has 2 aliphatic rings. The second-order valence-electron chi connectivity index (χ2n) is 13.1. The van der Waals surface area contributed by atoms with Crippen molar-refractivity contribution >= 4 is 18.2 Å². The molecule has 0 bridgehead atoms. The van der Waals surface area contributed by atoms with E-state index in [9.17, 15) is 36.3 Å². The van der Waals surface area contributed by atoms with E-state index in [1.807, 2.05) is 97.1 Å². The minimum atomic E-state index is -2.46. The van der Waals surface area contributed by atoms with Crippen LogP contribution in [0.3, 0.4) is 0 Å². The Bertz CT molecular complexity index is 2420. The summed E-state index contributed by atoms with van der Waals surface area (Å²) in [6.45, 7) is -0.273. The van der Waals surface area contributed by atoms with Crippen molar-refractivity contribution in [2.45, 2.75) is 24.3 Å². The molecular weight excluding hydrogens is 737 g/mol. The maximum Gasteiger partial charge on any atom is 0.419 e. The molecule has 0 unspecified atom stereocenters. The highest BCUT2D eigenvalue weighted by Crippen LogP contribution is 2.45. The lowest BCUT2D eigenvalue weighted by molar-refractivity contribution is -0.137. The SMILES string of the molecule is O=C(N[C@@H](Cc1cncn1C(=O)OCC1c2ccccc2-c2ccccc21)C(=O)Oc1c(F)c(F)c(F)c(F)c1F)OCC1c2ccccc2-c2ccccc21. The Kier molecular flexibility index (Phi) is 9.54. The Morgan fingerprint density at radius 2 is 1.05 bits per heavy atom. The number of benzene rings is 5. The molecule has 1 N–H and O–H groups in total. The van der Waals surface area contributed by atoms with Gasteiger partial charge in [0.25, 0.3) is 0 Å². The predicted octanol–water partition coefficient (Wildman–Crippen LogP) is 8.43. The number of carbonyl (C=O) groups is 3. The summed E-state index contributed by atoms with van der Waals surface area (Å²) < 4.78 is 87.8. The van der Waals surface area contributed by atoms with Crippen LogP contribution in [0.25, 0.3) is 22.3 Å². The van der Waals surface area contributed by atoms with E-state index in [4.69, 9.17) is 14.2 Å². The number of nitrogens with one attached hydrogen (secondary N) is 1. The molecule has 14 heteroatoms. The van der Waals surface area contributed by atoms with Crippen molar-refractivity contribution in [1.82, 2.24) is 14.9 Å². The van der Waals surface area contributed by atoms with E-state index in [0.29, 0.717) is 0 Å². The van der Waals surface area contributed by atoms with Gasteiger partial charge in [0, 0.05) is 24.5 Å². The van der Waals surface area contributed by atoms with Crippen molar-refractivity contribution < 1.29 is 50.5 Å². The van der Waals surface area contributed by atoms with Crippen LogP contribution in [0, 0.1) is 29.1 Å². The average Bonchev–Trinajstić information content (AvgIpc) is 3.91. The average molecular weight is 766 g/mol. The highest BCUT2D eigenvalue weighted by Gasteiger charge is 2.35. The van der Waals surface area contributed by atoms with Crippen molar-refractivity contribution in [3.63, 3.8) is 0 Å². The number of carbonyl (C=O) groups excluding carboxylic acids is 3. The van der Waals surface area contributed by atoms with Crippen molar-refractivity contribution in [3.05, 3.63) is 167 Å². The van der Waals surface area contributed by atoms with E-state index in [0.717, 1.165) is 55.4 Å². The number of alkyl carbamates (subject to hydrolysis) is 1. The zero-order valence-corrected chi connectivity index (χ0v) is 29.0. The number of hydrogen-bond donors (Lipinski definition) is 1. The molecule has 9 nitrogen and oxygen atoms in total. The van der Waals surface area contributed by atoms with Crippen LogP contribution >= 0.6 is 0 Å². The summed E-state index contributed by atoms with van der Waals surface area (Å²) >= 11 is 0. The Balaban J connectivity index is 1.02. The fraction of sp³-hybridized carbons (Fsp3) is 0.143. The van der Waals surface area contributed by atoms with E-state index >= 15 is 0 Å². The van der Waals surface area contributed by atoms with Crippen LogP contribution in [0.15, 0.2) is 110 Å². The third kappa shape index (κ3) is 6.42. The van der Waals surface area contributed by atoms with Gasteiger partial charge in [-0.2, -0.15) is 8.78 Å². The first-order chi connectivity index (χ1) is 27.1. The Morgan fingerprint density at radius 1 is 0.625 bits per heavy atom. The highest BCUT2D eigenvalue weighted by molar-refractivity contribution is 5.84. The summed E-state index contributed by atoms with van der Waals surface area (Å²) in [4.78, 5) is 44.2. The molecule has 0 radical (unpaired) electrons. The largest absolute Gasteiger partial charge is 0.449 e. The Hall–Kier alpha value is -6.83. The van der Waals surface area contributed by atoms with Gasteiger partial charge in [-0.25, -0.2) is 37.1 Å². The van der Waals surface area contributed by atoms with Crippen molar-refractivity contribution in [2.24, 2.45) is 0 Å². The van der Waals surface area contributed by atoms with Crippen molar-refractivity contribution in [1.29, 1.82) is 0 Å². The number of halogens is 5. The molecule has 0 saturated carbocycles. The number of ether oxygens (including phenoxy) is 3. The summed E-state index contributed by atoms with van der Waals surface area (Å²) in [6.07, 6.45) is -0.457. The molecule has 0 spiro atoms. The molecule has 5 aromatic carbocycles. The minimum Gasteiger partial charge on any atom is -0.449 e. The van der Waals surface area contributed by atoms with Crippen LogP contribution in [-0.4, -0.2) is 47.0 Å². The molecule has 0 fully saturated rings. The number of imidazole rings is 1. The number of hydrogen-bond acceptors (Lipinski definition) is 7. The molecular formula is C42H28F5N3O6. The van der Waals surface area contributed by atoms with E-state index in [1.54, 1.807) is 0 Å². The van der Waals surface area contributed by atoms with Crippen LogP contribution in [0.2, 0.25) is 0 Å². The molecule has 6 aromatic rings. The number of nitrogens with zero attached hydrogens (tertiary/aromatic N) is 2. The van der Waals surface area contributed by atoms with Gasteiger partial charge in [-0.15, -0.1) is 0 Å². The van der Waals surface area contributed by atoms with Crippen LogP contribution in [0.1, 0.15) is 39.8 Å². The van der Waals surface area contributed by atoms with Gasteiger partial charge < -0.3 is 19.5 Å². The maximum atomic E-state index is 14.6. The van der Waals surface area contributed by atoms with Crippen LogP contribution in [0.5, 0.6) is 5.75 Å². The molecule has 1 aromatic heterocycles. The Morgan fingerprint density at radius 3 is 1.54 bits per heavy atom. The maximum absolute atomic E-state index is 14.6. The second-order valence-corrected chi connectivity index (χ2v) is 13.1. The molecule has 8 rings (SSSR count).